The third-order valence-electron chi connectivity index (χ3n) is 3.54. The highest BCUT2D eigenvalue weighted by atomic mass is 16.4. The first-order valence-corrected chi connectivity index (χ1v) is 7.64. The van der Waals surface area contributed by atoms with Gasteiger partial charge in [0.1, 0.15) is 12.2 Å². The number of amides is 1. The number of rotatable bonds is 7. The van der Waals surface area contributed by atoms with E-state index in [2.05, 4.69) is 29.5 Å². The Balaban J connectivity index is 1.98. The van der Waals surface area contributed by atoms with Crippen LogP contribution < -0.4 is 5.32 Å². The average molecular weight is 315 g/mol. The van der Waals surface area contributed by atoms with Crippen molar-refractivity contribution in [1.82, 2.24) is 15.1 Å². The lowest BCUT2D eigenvalue weighted by atomic mass is 10.0. The van der Waals surface area contributed by atoms with Crippen molar-refractivity contribution in [2.75, 3.05) is 0 Å². The minimum absolute atomic E-state index is 0.150. The molecular weight excluding hydrogens is 294 g/mol. The van der Waals surface area contributed by atoms with Crippen LogP contribution in [-0.2, 0) is 17.8 Å². The molecule has 0 fully saturated rings. The molecule has 6 nitrogen and oxygen atoms in total. The largest absolute Gasteiger partial charge is 0.480 e. The number of carboxylic acids is 1. The highest BCUT2D eigenvalue weighted by molar-refractivity contribution is 5.92. The Morgan fingerprint density at radius 1 is 1.26 bits per heavy atom. The summed E-state index contributed by atoms with van der Waals surface area (Å²) < 4.78 is 1.22. The Morgan fingerprint density at radius 2 is 1.96 bits per heavy atom. The van der Waals surface area contributed by atoms with Gasteiger partial charge in [0.05, 0.1) is 6.04 Å². The first-order valence-electron chi connectivity index (χ1n) is 7.64. The number of hydrogen-bond donors (Lipinski definition) is 2. The normalized spacial score (nSPS) is 11.9. The standard InChI is InChI=1S/C17H21N3O3/c1-3-4-13-5-7-14(8-6-13)12(2)18-17(23)15-9-10-20(19-15)11-16(21)22/h5-10,12H,3-4,11H2,1-2H3,(H,18,23)(H,21,22). The summed E-state index contributed by atoms with van der Waals surface area (Å²) in [7, 11) is 0. The third kappa shape index (κ3) is 4.67. The Kier molecular flexibility index (Phi) is 5.51. The van der Waals surface area contributed by atoms with Crippen LogP contribution in [0.4, 0.5) is 0 Å². The molecule has 122 valence electrons. The second-order valence-corrected chi connectivity index (χ2v) is 5.48. The maximum atomic E-state index is 12.2. The van der Waals surface area contributed by atoms with E-state index in [9.17, 15) is 9.59 Å². The minimum Gasteiger partial charge on any atom is -0.480 e. The summed E-state index contributed by atoms with van der Waals surface area (Å²) in [6, 6.07) is 9.53. The van der Waals surface area contributed by atoms with Crippen LogP contribution in [0.2, 0.25) is 0 Å². The molecule has 1 aromatic carbocycles. The van der Waals surface area contributed by atoms with E-state index >= 15 is 0 Å². The number of aliphatic carboxylic acids is 1. The molecule has 0 saturated carbocycles. The van der Waals surface area contributed by atoms with Gasteiger partial charge in [-0.3, -0.25) is 14.3 Å². The van der Waals surface area contributed by atoms with Crippen molar-refractivity contribution in [2.45, 2.75) is 39.3 Å². The molecule has 2 N–H and O–H groups in total. The van der Waals surface area contributed by atoms with Crippen LogP contribution >= 0.6 is 0 Å². The van der Waals surface area contributed by atoms with Gasteiger partial charge in [0.2, 0.25) is 0 Å². The van der Waals surface area contributed by atoms with Gasteiger partial charge in [-0.25, -0.2) is 0 Å². The molecule has 0 aliphatic heterocycles. The van der Waals surface area contributed by atoms with Gasteiger partial charge in [-0.05, 0) is 30.5 Å². The SMILES string of the molecule is CCCc1ccc(C(C)NC(=O)c2ccn(CC(=O)O)n2)cc1. The second-order valence-electron chi connectivity index (χ2n) is 5.48. The predicted octanol–water partition coefficient (Wildman–Crippen LogP) is 2.41. The van der Waals surface area contributed by atoms with Crippen molar-refractivity contribution < 1.29 is 14.7 Å². The van der Waals surface area contributed by atoms with E-state index in [1.54, 1.807) is 0 Å². The maximum absolute atomic E-state index is 12.2. The lowest BCUT2D eigenvalue weighted by molar-refractivity contribution is -0.137. The first kappa shape index (κ1) is 16.7. The van der Waals surface area contributed by atoms with Crippen molar-refractivity contribution in [3.05, 3.63) is 53.3 Å². The number of carbonyl (C=O) groups excluding carboxylic acids is 1. The highest BCUT2D eigenvalue weighted by Gasteiger charge is 2.14. The lowest BCUT2D eigenvalue weighted by Gasteiger charge is -2.14. The van der Waals surface area contributed by atoms with Crippen molar-refractivity contribution in [3.63, 3.8) is 0 Å². The van der Waals surface area contributed by atoms with Gasteiger partial charge in [0, 0.05) is 6.20 Å². The number of carboxylic acid groups (broad SMARTS) is 1. The van der Waals surface area contributed by atoms with Gasteiger partial charge < -0.3 is 10.4 Å². The minimum atomic E-state index is -0.999. The van der Waals surface area contributed by atoms with Crippen molar-refractivity contribution in [1.29, 1.82) is 0 Å². The van der Waals surface area contributed by atoms with E-state index in [4.69, 9.17) is 5.11 Å². The molecule has 1 unspecified atom stereocenters. The summed E-state index contributed by atoms with van der Waals surface area (Å²) in [4.78, 5) is 22.8. The second kappa shape index (κ2) is 7.58. The van der Waals surface area contributed by atoms with Crippen LogP contribution in [0.25, 0.3) is 0 Å². The zero-order chi connectivity index (χ0) is 16.8. The molecule has 0 aliphatic carbocycles. The van der Waals surface area contributed by atoms with Crippen LogP contribution in [0.1, 0.15) is 47.9 Å². The van der Waals surface area contributed by atoms with Gasteiger partial charge in [0.15, 0.2) is 0 Å². The number of aromatic nitrogens is 2. The smallest absolute Gasteiger partial charge is 0.325 e. The molecule has 1 heterocycles. The van der Waals surface area contributed by atoms with E-state index in [1.165, 1.54) is 22.5 Å². The number of nitrogens with zero attached hydrogens (tertiary/aromatic N) is 2. The lowest BCUT2D eigenvalue weighted by Crippen LogP contribution is -2.27. The molecule has 2 rings (SSSR count). The van der Waals surface area contributed by atoms with Crippen LogP contribution in [-0.4, -0.2) is 26.8 Å². The Bertz CT molecular complexity index is 677. The summed E-state index contributed by atoms with van der Waals surface area (Å²) in [5, 5.41) is 15.5. The molecular formula is C17H21N3O3. The summed E-state index contributed by atoms with van der Waals surface area (Å²) in [6.07, 6.45) is 3.62. The maximum Gasteiger partial charge on any atom is 0.325 e. The summed E-state index contributed by atoms with van der Waals surface area (Å²) in [5.74, 6) is -1.32. The fourth-order valence-electron chi connectivity index (χ4n) is 2.33. The van der Waals surface area contributed by atoms with E-state index < -0.39 is 5.97 Å². The monoisotopic (exact) mass is 315 g/mol. The van der Waals surface area contributed by atoms with Gasteiger partial charge in [-0.1, -0.05) is 37.6 Å². The summed E-state index contributed by atoms with van der Waals surface area (Å²) in [6.45, 7) is 3.78. The summed E-state index contributed by atoms with van der Waals surface area (Å²) in [5.41, 5.74) is 2.51. The predicted molar refractivity (Wildman–Crippen MR) is 86.2 cm³/mol. The number of benzene rings is 1. The topological polar surface area (TPSA) is 84.2 Å². The summed E-state index contributed by atoms with van der Waals surface area (Å²) >= 11 is 0. The zero-order valence-corrected chi connectivity index (χ0v) is 13.3. The van der Waals surface area contributed by atoms with Crippen molar-refractivity contribution >= 4 is 11.9 Å². The van der Waals surface area contributed by atoms with Gasteiger partial charge in [-0.15, -0.1) is 0 Å². The molecule has 6 heteroatoms. The van der Waals surface area contributed by atoms with E-state index in [0.29, 0.717) is 0 Å². The quantitative estimate of drug-likeness (QED) is 0.822. The molecule has 1 amide bonds. The molecule has 23 heavy (non-hydrogen) atoms. The molecule has 0 radical (unpaired) electrons. The Morgan fingerprint density at radius 3 is 2.57 bits per heavy atom. The Labute approximate surface area is 135 Å². The zero-order valence-electron chi connectivity index (χ0n) is 13.3. The third-order valence-corrected chi connectivity index (χ3v) is 3.54. The van der Waals surface area contributed by atoms with Crippen LogP contribution in [0.5, 0.6) is 0 Å². The van der Waals surface area contributed by atoms with Gasteiger partial charge >= 0.3 is 5.97 Å². The van der Waals surface area contributed by atoms with Crippen LogP contribution in [0, 0.1) is 0 Å². The van der Waals surface area contributed by atoms with Gasteiger partial charge in [0.25, 0.3) is 5.91 Å². The number of carbonyl (C=O) groups is 2. The molecule has 1 atom stereocenters. The van der Waals surface area contributed by atoms with Gasteiger partial charge in [-0.2, -0.15) is 5.10 Å². The molecule has 1 aromatic heterocycles. The number of aryl methyl sites for hydroxylation is 1. The van der Waals surface area contributed by atoms with E-state index in [0.717, 1.165) is 18.4 Å². The van der Waals surface area contributed by atoms with E-state index in [1.807, 2.05) is 19.1 Å². The number of nitrogens with one attached hydrogen (secondary N) is 1. The highest BCUT2D eigenvalue weighted by Crippen LogP contribution is 2.15. The van der Waals surface area contributed by atoms with Crippen molar-refractivity contribution in [3.8, 4) is 0 Å². The molecule has 0 aliphatic rings. The molecule has 0 bridgehead atoms. The first-order chi connectivity index (χ1) is 11.0. The van der Waals surface area contributed by atoms with E-state index in [-0.39, 0.29) is 24.2 Å². The molecule has 0 spiro atoms. The van der Waals surface area contributed by atoms with Crippen molar-refractivity contribution in [2.24, 2.45) is 0 Å². The molecule has 0 saturated heterocycles. The van der Waals surface area contributed by atoms with Crippen LogP contribution in [0.3, 0.4) is 0 Å². The Hall–Kier alpha value is -2.63. The fourth-order valence-corrected chi connectivity index (χ4v) is 2.33. The van der Waals surface area contributed by atoms with Crippen LogP contribution in [0.15, 0.2) is 36.5 Å². The molecule has 2 aromatic rings. The number of hydrogen-bond acceptors (Lipinski definition) is 3. The fraction of sp³-hybridized carbons (Fsp3) is 0.353. The average Bonchev–Trinajstić information content (AvgIpc) is 2.96.